The first-order chi connectivity index (χ1) is 11.7. The third-order valence-electron chi connectivity index (χ3n) is 5.12. The highest BCUT2D eigenvalue weighted by atomic mass is 16.5. The van der Waals surface area contributed by atoms with Crippen molar-refractivity contribution in [2.45, 2.75) is 51.3 Å². The van der Waals surface area contributed by atoms with Gasteiger partial charge in [-0.1, -0.05) is 0 Å². The first-order valence-electron chi connectivity index (χ1n) is 8.81. The number of amides is 2. The zero-order chi connectivity index (χ0) is 16.5. The van der Waals surface area contributed by atoms with Crippen molar-refractivity contribution in [1.29, 1.82) is 0 Å². The van der Waals surface area contributed by atoms with Gasteiger partial charge in [0, 0.05) is 45.6 Å². The van der Waals surface area contributed by atoms with Gasteiger partial charge in [-0.15, -0.1) is 10.2 Å². The van der Waals surface area contributed by atoms with Crippen LogP contribution in [0, 0.1) is 0 Å². The summed E-state index contributed by atoms with van der Waals surface area (Å²) in [6.07, 6.45) is 3.76. The normalized spacial score (nSPS) is 24.3. The van der Waals surface area contributed by atoms with Crippen molar-refractivity contribution in [3.05, 3.63) is 11.6 Å². The Hall–Kier alpha value is -1.96. The highest BCUT2D eigenvalue weighted by Crippen LogP contribution is 2.18. The third kappa shape index (κ3) is 2.90. The quantitative estimate of drug-likeness (QED) is 0.776. The Kier molecular flexibility index (Phi) is 4.22. The lowest BCUT2D eigenvalue weighted by Gasteiger charge is -2.23. The van der Waals surface area contributed by atoms with Crippen LogP contribution in [0.15, 0.2) is 0 Å². The predicted octanol–water partition coefficient (Wildman–Crippen LogP) is -0.0358. The molecule has 0 aliphatic carbocycles. The Morgan fingerprint density at radius 1 is 1.12 bits per heavy atom. The van der Waals surface area contributed by atoms with Crippen LogP contribution in [-0.2, 0) is 33.8 Å². The molecule has 130 valence electrons. The molecule has 2 fully saturated rings. The summed E-state index contributed by atoms with van der Waals surface area (Å²) < 4.78 is 7.60. The average Bonchev–Trinajstić information content (AvgIpc) is 3.29. The van der Waals surface area contributed by atoms with Crippen molar-refractivity contribution in [3.63, 3.8) is 0 Å². The van der Waals surface area contributed by atoms with E-state index in [1.165, 1.54) is 0 Å². The summed E-state index contributed by atoms with van der Waals surface area (Å²) in [5.41, 5.74) is 0. The SMILES string of the molecule is O=C1CCCN1Cc1nnc2n1CCN(C(=O)[C@H]1CCCO1)CC2. The first-order valence-corrected chi connectivity index (χ1v) is 8.81. The van der Waals surface area contributed by atoms with Crippen LogP contribution in [0.3, 0.4) is 0 Å². The Balaban J connectivity index is 1.43. The fraction of sp³-hybridized carbons (Fsp3) is 0.750. The molecule has 0 unspecified atom stereocenters. The van der Waals surface area contributed by atoms with Crippen LogP contribution in [0.5, 0.6) is 0 Å². The van der Waals surface area contributed by atoms with E-state index in [-0.39, 0.29) is 17.9 Å². The summed E-state index contributed by atoms with van der Waals surface area (Å²) in [6.45, 7) is 3.97. The molecule has 0 radical (unpaired) electrons. The summed E-state index contributed by atoms with van der Waals surface area (Å²) in [6, 6.07) is 0. The van der Waals surface area contributed by atoms with Gasteiger partial charge in [0.05, 0.1) is 6.54 Å². The van der Waals surface area contributed by atoms with Crippen molar-refractivity contribution < 1.29 is 14.3 Å². The Labute approximate surface area is 140 Å². The second kappa shape index (κ2) is 6.51. The van der Waals surface area contributed by atoms with Crippen LogP contribution >= 0.6 is 0 Å². The van der Waals surface area contributed by atoms with E-state index in [1.807, 2.05) is 9.80 Å². The van der Waals surface area contributed by atoms with Crippen LogP contribution in [0.2, 0.25) is 0 Å². The van der Waals surface area contributed by atoms with Gasteiger partial charge in [-0.2, -0.15) is 0 Å². The van der Waals surface area contributed by atoms with Gasteiger partial charge in [0.15, 0.2) is 5.82 Å². The summed E-state index contributed by atoms with van der Waals surface area (Å²) in [7, 11) is 0. The monoisotopic (exact) mass is 333 g/mol. The lowest BCUT2D eigenvalue weighted by atomic mass is 10.2. The number of carbonyl (C=O) groups is 2. The highest BCUT2D eigenvalue weighted by Gasteiger charge is 2.30. The van der Waals surface area contributed by atoms with Crippen LogP contribution in [0.1, 0.15) is 37.3 Å². The molecule has 2 amide bonds. The van der Waals surface area contributed by atoms with E-state index in [2.05, 4.69) is 14.8 Å². The van der Waals surface area contributed by atoms with E-state index in [9.17, 15) is 9.59 Å². The van der Waals surface area contributed by atoms with Crippen LogP contribution in [0.4, 0.5) is 0 Å². The number of ether oxygens (including phenoxy) is 1. The van der Waals surface area contributed by atoms with Crippen LogP contribution in [-0.4, -0.2) is 68.7 Å². The van der Waals surface area contributed by atoms with Crippen molar-refractivity contribution in [1.82, 2.24) is 24.6 Å². The summed E-state index contributed by atoms with van der Waals surface area (Å²) >= 11 is 0. The van der Waals surface area contributed by atoms with Crippen molar-refractivity contribution in [2.24, 2.45) is 0 Å². The zero-order valence-electron chi connectivity index (χ0n) is 13.8. The number of carbonyl (C=O) groups excluding carboxylic acids is 2. The van der Waals surface area contributed by atoms with Crippen molar-refractivity contribution in [2.75, 3.05) is 26.2 Å². The fourth-order valence-electron chi connectivity index (χ4n) is 3.74. The molecule has 0 aromatic carbocycles. The lowest BCUT2D eigenvalue weighted by molar-refractivity contribution is -0.140. The van der Waals surface area contributed by atoms with Crippen molar-refractivity contribution in [3.8, 4) is 0 Å². The summed E-state index contributed by atoms with van der Waals surface area (Å²) in [5, 5.41) is 8.56. The lowest BCUT2D eigenvalue weighted by Crippen LogP contribution is -2.40. The molecule has 1 atom stereocenters. The number of likely N-dealkylation sites (tertiary alicyclic amines) is 1. The van der Waals surface area contributed by atoms with Crippen molar-refractivity contribution >= 4 is 11.8 Å². The molecular weight excluding hydrogens is 310 g/mol. The minimum Gasteiger partial charge on any atom is -0.368 e. The molecule has 8 heteroatoms. The maximum absolute atomic E-state index is 12.5. The molecule has 1 aromatic rings. The van der Waals surface area contributed by atoms with Gasteiger partial charge in [-0.05, 0) is 19.3 Å². The second-order valence-corrected chi connectivity index (χ2v) is 6.68. The molecule has 0 spiro atoms. The summed E-state index contributed by atoms with van der Waals surface area (Å²) in [4.78, 5) is 28.1. The van der Waals surface area contributed by atoms with Gasteiger partial charge < -0.3 is 19.1 Å². The standard InChI is InChI=1S/C16H23N5O3/c22-15-4-1-6-20(15)11-14-18-17-13-5-7-19(8-9-21(13)14)16(23)12-3-2-10-24-12/h12H,1-11H2/t12-/m1/s1. The van der Waals surface area contributed by atoms with Gasteiger partial charge in [0.25, 0.3) is 5.91 Å². The minimum atomic E-state index is -0.268. The molecular formula is C16H23N5O3. The molecule has 3 aliphatic heterocycles. The molecule has 24 heavy (non-hydrogen) atoms. The number of hydrogen-bond donors (Lipinski definition) is 0. The molecule has 0 N–H and O–H groups in total. The Morgan fingerprint density at radius 2 is 2.04 bits per heavy atom. The van der Waals surface area contributed by atoms with Gasteiger partial charge in [0.1, 0.15) is 11.9 Å². The predicted molar refractivity (Wildman–Crippen MR) is 83.9 cm³/mol. The zero-order valence-corrected chi connectivity index (χ0v) is 13.8. The largest absolute Gasteiger partial charge is 0.368 e. The number of hydrogen-bond acceptors (Lipinski definition) is 5. The molecule has 0 saturated carbocycles. The molecule has 4 heterocycles. The number of fused-ring (bicyclic) bond motifs is 1. The first kappa shape index (κ1) is 15.6. The van der Waals surface area contributed by atoms with Gasteiger partial charge in [-0.3, -0.25) is 9.59 Å². The van der Waals surface area contributed by atoms with Gasteiger partial charge in [0.2, 0.25) is 5.91 Å². The van der Waals surface area contributed by atoms with Crippen LogP contribution in [0.25, 0.3) is 0 Å². The maximum Gasteiger partial charge on any atom is 0.251 e. The van der Waals surface area contributed by atoms with E-state index in [1.54, 1.807) is 0 Å². The second-order valence-electron chi connectivity index (χ2n) is 6.68. The van der Waals surface area contributed by atoms with Crippen LogP contribution < -0.4 is 0 Å². The molecule has 0 bridgehead atoms. The third-order valence-corrected chi connectivity index (χ3v) is 5.12. The van der Waals surface area contributed by atoms with Gasteiger partial charge in [-0.25, -0.2) is 0 Å². The smallest absolute Gasteiger partial charge is 0.251 e. The molecule has 4 rings (SSSR count). The molecule has 2 saturated heterocycles. The maximum atomic E-state index is 12.5. The van der Waals surface area contributed by atoms with E-state index >= 15 is 0 Å². The number of aromatic nitrogens is 3. The number of nitrogens with zero attached hydrogens (tertiary/aromatic N) is 5. The highest BCUT2D eigenvalue weighted by molar-refractivity contribution is 5.81. The molecule has 3 aliphatic rings. The minimum absolute atomic E-state index is 0.0995. The van der Waals surface area contributed by atoms with Gasteiger partial charge >= 0.3 is 0 Å². The topological polar surface area (TPSA) is 80.6 Å². The Bertz CT molecular complexity index is 638. The fourth-order valence-corrected chi connectivity index (χ4v) is 3.74. The molecule has 8 nitrogen and oxygen atoms in total. The van der Waals surface area contributed by atoms with E-state index in [0.29, 0.717) is 45.6 Å². The van der Waals surface area contributed by atoms with E-state index in [0.717, 1.165) is 37.5 Å². The van der Waals surface area contributed by atoms with E-state index < -0.39 is 0 Å². The van der Waals surface area contributed by atoms with E-state index in [4.69, 9.17) is 4.74 Å². The average molecular weight is 333 g/mol. The summed E-state index contributed by atoms with van der Waals surface area (Å²) in [5.74, 6) is 2.02. The Morgan fingerprint density at radius 3 is 2.79 bits per heavy atom. The molecule has 1 aromatic heterocycles. The number of rotatable bonds is 3.